The lowest BCUT2D eigenvalue weighted by Gasteiger charge is -2.33. The number of likely N-dealkylation sites (tertiary alicyclic amines) is 1. The summed E-state index contributed by atoms with van der Waals surface area (Å²) in [6.45, 7) is 6.49. The van der Waals surface area contributed by atoms with Crippen molar-refractivity contribution in [3.63, 3.8) is 0 Å². The summed E-state index contributed by atoms with van der Waals surface area (Å²) in [4.78, 5) is 26.3. The molecule has 1 atom stereocenters. The first-order chi connectivity index (χ1) is 11.3. The Hall–Kier alpha value is -2.24. The number of nitrogens with zero attached hydrogens (tertiary/aromatic N) is 1. The molecule has 24 heavy (non-hydrogen) atoms. The first-order valence-corrected chi connectivity index (χ1v) is 8.22. The van der Waals surface area contributed by atoms with Gasteiger partial charge in [0.2, 0.25) is 5.91 Å². The van der Waals surface area contributed by atoms with Gasteiger partial charge in [0.15, 0.2) is 0 Å². The molecule has 1 aromatic carbocycles. The summed E-state index contributed by atoms with van der Waals surface area (Å²) < 4.78 is 10.6. The largest absolute Gasteiger partial charge is 0.495 e. The van der Waals surface area contributed by atoms with Crippen molar-refractivity contribution in [2.75, 3.05) is 25.5 Å². The second-order valence-electron chi connectivity index (χ2n) is 6.96. The van der Waals surface area contributed by atoms with Gasteiger partial charge < -0.3 is 19.7 Å². The lowest BCUT2D eigenvalue weighted by Crippen LogP contribution is -2.45. The molecule has 132 valence electrons. The summed E-state index contributed by atoms with van der Waals surface area (Å²) in [6.07, 6.45) is 1.17. The van der Waals surface area contributed by atoms with Crippen LogP contribution in [0.1, 0.15) is 33.6 Å². The second-order valence-corrected chi connectivity index (χ2v) is 6.96. The maximum Gasteiger partial charge on any atom is 0.410 e. The molecule has 1 fully saturated rings. The molecule has 6 heteroatoms. The number of carbonyl (C=O) groups excluding carboxylic acids is 2. The predicted molar refractivity (Wildman–Crippen MR) is 92.2 cm³/mol. The maximum atomic E-state index is 12.5. The Morgan fingerprint density at radius 2 is 1.96 bits per heavy atom. The quantitative estimate of drug-likeness (QED) is 0.921. The van der Waals surface area contributed by atoms with Gasteiger partial charge in [-0.15, -0.1) is 0 Å². The lowest BCUT2D eigenvalue weighted by molar-refractivity contribution is -0.121. The molecular weight excluding hydrogens is 308 g/mol. The van der Waals surface area contributed by atoms with Crippen LogP contribution in [0.4, 0.5) is 10.5 Å². The van der Waals surface area contributed by atoms with E-state index in [9.17, 15) is 9.59 Å². The zero-order chi connectivity index (χ0) is 17.7. The molecule has 6 nitrogen and oxygen atoms in total. The van der Waals surface area contributed by atoms with Gasteiger partial charge in [-0.25, -0.2) is 4.79 Å². The highest BCUT2D eigenvalue weighted by atomic mass is 16.6. The number of carbonyl (C=O) groups is 2. The van der Waals surface area contributed by atoms with Gasteiger partial charge in [-0.1, -0.05) is 12.1 Å². The number of hydrogen-bond donors (Lipinski definition) is 1. The topological polar surface area (TPSA) is 67.9 Å². The molecule has 0 spiro atoms. The van der Waals surface area contributed by atoms with Crippen LogP contribution in [0.15, 0.2) is 24.3 Å². The minimum absolute atomic E-state index is 0.104. The molecule has 0 aliphatic carbocycles. The number of piperidine rings is 1. The molecule has 1 saturated heterocycles. The summed E-state index contributed by atoms with van der Waals surface area (Å²) in [5.74, 6) is 0.259. The summed E-state index contributed by atoms with van der Waals surface area (Å²) in [6, 6.07) is 7.28. The number of ether oxygens (including phenoxy) is 2. The number of para-hydroxylation sites is 2. The molecule has 0 bridgehead atoms. The highest BCUT2D eigenvalue weighted by Gasteiger charge is 2.31. The highest BCUT2D eigenvalue weighted by molar-refractivity contribution is 5.94. The minimum atomic E-state index is -0.538. The lowest BCUT2D eigenvalue weighted by atomic mass is 9.97. The molecule has 0 saturated carbocycles. The summed E-state index contributed by atoms with van der Waals surface area (Å²) in [5, 5.41) is 2.90. The third kappa shape index (κ3) is 4.88. The van der Waals surface area contributed by atoms with E-state index in [0.717, 1.165) is 12.8 Å². The van der Waals surface area contributed by atoms with E-state index in [0.29, 0.717) is 24.5 Å². The Morgan fingerprint density at radius 1 is 1.25 bits per heavy atom. The molecule has 2 amide bonds. The normalized spacial score (nSPS) is 18.0. The van der Waals surface area contributed by atoms with Crippen molar-refractivity contribution in [3.05, 3.63) is 24.3 Å². The number of methoxy groups -OCH3 is 1. The third-order valence-corrected chi connectivity index (χ3v) is 3.81. The molecule has 1 N–H and O–H groups in total. The fourth-order valence-corrected chi connectivity index (χ4v) is 2.67. The van der Waals surface area contributed by atoms with Crippen molar-refractivity contribution in [3.8, 4) is 5.75 Å². The second kappa shape index (κ2) is 7.55. The molecule has 1 aromatic rings. The van der Waals surface area contributed by atoms with E-state index in [-0.39, 0.29) is 17.9 Å². The van der Waals surface area contributed by atoms with Crippen LogP contribution in [0.2, 0.25) is 0 Å². The first kappa shape index (κ1) is 18.1. The molecular formula is C18H26N2O4. The SMILES string of the molecule is COc1ccccc1NC(=O)[C@H]1CCCN(C(=O)OC(C)(C)C)C1. The van der Waals surface area contributed by atoms with Crippen molar-refractivity contribution < 1.29 is 19.1 Å². The van der Waals surface area contributed by atoms with E-state index in [1.165, 1.54) is 0 Å². The average Bonchev–Trinajstić information content (AvgIpc) is 2.54. The van der Waals surface area contributed by atoms with E-state index in [2.05, 4.69) is 5.32 Å². The van der Waals surface area contributed by atoms with Gasteiger partial charge in [0.25, 0.3) is 0 Å². The fraction of sp³-hybridized carbons (Fsp3) is 0.556. The van der Waals surface area contributed by atoms with Gasteiger partial charge in [-0.05, 0) is 45.7 Å². The summed E-state index contributed by atoms with van der Waals surface area (Å²) in [7, 11) is 1.57. The molecule has 2 rings (SSSR count). The Labute approximate surface area is 143 Å². The van der Waals surface area contributed by atoms with Gasteiger partial charge in [0, 0.05) is 13.1 Å². The average molecular weight is 334 g/mol. The van der Waals surface area contributed by atoms with Gasteiger partial charge in [0.05, 0.1) is 18.7 Å². The van der Waals surface area contributed by atoms with Gasteiger partial charge in [-0.3, -0.25) is 4.79 Å². The number of anilines is 1. The van der Waals surface area contributed by atoms with Crippen molar-refractivity contribution in [1.82, 2.24) is 4.90 Å². The van der Waals surface area contributed by atoms with Crippen LogP contribution in [0, 0.1) is 5.92 Å². The summed E-state index contributed by atoms with van der Waals surface area (Å²) in [5.41, 5.74) is 0.100. The van der Waals surface area contributed by atoms with Crippen LogP contribution in [0.25, 0.3) is 0 Å². The number of rotatable bonds is 3. The van der Waals surface area contributed by atoms with E-state index in [4.69, 9.17) is 9.47 Å². The third-order valence-electron chi connectivity index (χ3n) is 3.81. The number of benzene rings is 1. The van der Waals surface area contributed by atoms with Crippen molar-refractivity contribution in [2.24, 2.45) is 5.92 Å². The maximum absolute atomic E-state index is 12.5. The van der Waals surface area contributed by atoms with E-state index >= 15 is 0 Å². The smallest absolute Gasteiger partial charge is 0.410 e. The zero-order valence-corrected chi connectivity index (χ0v) is 14.8. The van der Waals surface area contributed by atoms with Crippen molar-refractivity contribution in [2.45, 2.75) is 39.2 Å². The highest BCUT2D eigenvalue weighted by Crippen LogP contribution is 2.26. The van der Waals surface area contributed by atoms with Crippen molar-refractivity contribution >= 4 is 17.7 Å². The Balaban J connectivity index is 1.98. The predicted octanol–water partition coefficient (Wildman–Crippen LogP) is 3.28. The molecule has 0 radical (unpaired) electrons. The number of amides is 2. The number of hydrogen-bond acceptors (Lipinski definition) is 4. The van der Waals surface area contributed by atoms with Crippen LogP contribution in [0.5, 0.6) is 5.75 Å². The molecule has 0 aromatic heterocycles. The van der Waals surface area contributed by atoms with E-state index in [1.807, 2.05) is 32.9 Å². The Kier molecular flexibility index (Phi) is 5.70. The van der Waals surface area contributed by atoms with E-state index in [1.54, 1.807) is 24.1 Å². The van der Waals surface area contributed by atoms with Gasteiger partial charge >= 0.3 is 6.09 Å². The summed E-state index contributed by atoms with van der Waals surface area (Å²) >= 11 is 0. The van der Waals surface area contributed by atoms with Crippen molar-refractivity contribution in [1.29, 1.82) is 0 Å². The van der Waals surface area contributed by atoms with Crippen LogP contribution in [-0.4, -0.2) is 42.7 Å². The fourth-order valence-electron chi connectivity index (χ4n) is 2.67. The number of nitrogens with one attached hydrogen (secondary N) is 1. The first-order valence-electron chi connectivity index (χ1n) is 8.22. The van der Waals surface area contributed by atoms with Gasteiger partial charge in [0.1, 0.15) is 11.4 Å². The Morgan fingerprint density at radius 3 is 2.62 bits per heavy atom. The van der Waals surface area contributed by atoms with Crippen LogP contribution < -0.4 is 10.1 Å². The van der Waals surface area contributed by atoms with Crippen LogP contribution in [-0.2, 0) is 9.53 Å². The van der Waals surface area contributed by atoms with Gasteiger partial charge in [-0.2, -0.15) is 0 Å². The molecule has 1 aliphatic rings. The standard InChI is InChI=1S/C18H26N2O4/c1-18(2,3)24-17(22)20-11-7-8-13(12-20)16(21)19-14-9-5-6-10-15(14)23-4/h5-6,9-10,13H,7-8,11-12H2,1-4H3,(H,19,21)/t13-/m0/s1. The van der Waals surface area contributed by atoms with Crippen LogP contribution in [0.3, 0.4) is 0 Å². The van der Waals surface area contributed by atoms with E-state index < -0.39 is 5.60 Å². The zero-order valence-electron chi connectivity index (χ0n) is 14.8. The Bertz CT molecular complexity index is 595. The molecule has 1 aliphatic heterocycles. The molecule has 1 heterocycles. The van der Waals surface area contributed by atoms with Crippen LogP contribution >= 0.6 is 0 Å². The monoisotopic (exact) mass is 334 g/mol. The minimum Gasteiger partial charge on any atom is -0.495 e. The molecule has 0 unspecified atom stereocenters.